The van der Waals surface area contributed by atoms with Crippen LogP contribution < -0.4 is 15.6 Å². The molecule has 4 rings (SSSR count). The van der Waals surface area contributed by atoms with Gasteiger partial charge < -0.3 is 5.32 Å². The first kappa shape index (κ1) is 26.1. The number of benzene rings is 2. The fourth-order valence-corrected chi connectivity index (χ4v) is 6.05. The van der Waals surface area contributed by atoms with E-state index in [0.29, 0.717) is 10.4 Å². The Balaban J connectivity index is 1.61. The lowest BCUT2D eigenvalue weighted by Gasteiger charge is -2.13. The van der Waals surface area contributed by atoms with E-state index in [-0.39, 0.29) is 31.1 Å². The van der Waals surface area contributed by atoms with Crippen molar-refractivity contribution in [2.75, 3.05) is 12.4 Å². The number of urea groups is 1. The molecule has 0 unspecified atom stereocenters. The van der Waals surface area contributed by atoms with Gasteiger partial charge in [-0.1, -0.05) is 11.6 Å². The molecule has 2 amide bonds. The van der Waals surface area contributed by atoms with Gasteiger partial charge in [-0.05, 0) is 55.5 Å². The van der Waals surface area contributed by atoms with Gasteiger partial charge in [0.1, 0.15) is 15.9 Å². The van der Waals surface area contributed by atoms with Gasteiger partial charge in [0.15, 0.2) is 0 Å². The molecular formula is C21H16ClFN4O6S3. The highest BCUT2D eigenvalue weighted by Crippen LogP contribution is 2.26. The number of hydrogen-bond acceptors (Lipinski definition) is 9. The van der Waals surface area contributed by atoms with Gasteiger partial charge in [0, 0.05) is 10.6 Å². The number of amides is 2. The van der Waals surface area contributed by atoms with Gasteiger partial charge in [0.2, 0.25) is 0 Å². The molecule has 0 saturated heterocycles. The number of carbonyl (C=O) groups excluding carboxylic acids is 1. The van der Waals surface area contributed by atoms with Crippen molar-refractivity contribution in [3.8, 4) is 5.69 Å². The Bertz CT molecular complexity index is 1640. The normalized spacial score (nSPS) is 11.6. The van der Waals surface area contributed by atoms with Crippen LogP contribution in [0.15, 0.2) is 62.4 Å². The van der Waals surface area contributed by atoms with Crippen molar-refractivity contribution >= 4 is 67.6 Å². The zero-order valence-corrected chi connectivity index (χ0v) is 21.6. The Morgan fingerprint density at radius 3 is 2.64 bits per heavy atom. The molecule has 0 fully saturated rings. The molecule has 0 bridgehead atoms. The smallest absolute Gasteiger partial charge is 0.307 e. The summed E-state index contributed by atoms with van der Waals surface area (Å²) in [6, 6.07) is 9.95. The quantitative estimate of drug-likeness (QED) is 0.187. The zero-order valence-electron chi connectivity index (χ0n) is 18.4. The molecule has 2 aromatic carbocycles. The number of thiophene rings is 1. The van der Waals surface area contributed by atoms with Crippen LogP contribution in [0.4, 0.5) is 14.9 Å². The third-order valence-corrected chi connectivity index (χ3v) is 8.40. The van der Waals surface area contributed by atoms with Crippen LogP contribution in [-0.4, -0.2) is 31.1 Å². The van der Waals surface area contributed by atoms with Gasteiger partial charge in [-0.3, -0.25) is 9.36 Å². The molecule has 15 heteroatoms. The van der Waals surface area contributed by atoms with E-state index in [4.69, 9.17) is 15.9 Å². The zero-order chi connectivity index (χ0) is 26.0. The van der Waals surface area contributed by atoms with Crippen LogP contribution in [0.1, 0.15) is 5.82 Å². The Labute approximate surface area is 217 Å². The molecule has 10 nitrogen and oxygen atoms in total. The number of aromatic nitrogens is 2. The number of aryl methyl sites for hydroxylation is 1. The van der Waals surface area contributed by atoms with Crippen LogP contribution in [0.3, 0.4) is 0 Å². The van der Waals surface area contributed by atoms with Crippen molar-refractivity contribution in [2.24, 2.45) is 0 Å². The van der Waals surface area contributed by atoms with E-state index < -0.39 is 27.4 Å². The van der Waals surface area contributed by atoms with Gasteiger partial charge in [0.05, 0.1) is 40.1 Å². The summed E-state index contributed by atoms with van der Waals surface area (Å²) in [6.45, 7) is 1.55. The molecule has 4 aromatic rings. The first-order valence-electron chi connectivity index (χ1n) is 9.89. The number of anilines is 1. The van der Waals surface area contributed by atoms with Crippen LogP contribution in [0, 0.1) is 12.7 Å². The van der Waals surface area contributed by atoms with E-state index in [1.807, 2.05) is 4.72 Å². The predicted molar refractivity (Wildman–Crippen MR) is 135 cm³/mol. The molecule has 2 heterocycles. The second-order valence-corrected chi connectivity index (χ2v) is 11.5. The van der Waals surface area contributed by atoms with Crippen LogP contribution in [0.25, 0.3) is 16.6 Å². The van der Waals surface area contributed by atoms with Crippen molar-refractivity contribution in [3.05, 3.63) is 74.9 Å². The minimum atomic E-state index is -4.16. The molecule has 188 valence electrons. The lowest BCUT2D eigenvalue weighted by atomic mass is 10.2. The minimum Gasteiger partial charge on any atom is -0.307 e. The third-order valence-electron chi connectivity index (χ3n) is 4.69. The number of rotatable bonds is 7. The molecule has 0 radical (unpaired) electrons. The standard InChI is InChI=1S/C21H16ClFN4O6S3/c1-11-24-16-5-4-13(35-33-32-2)10-14(16)20(28)27(11)17-6-3-12(9-15(17)23)25-21(29)26-36(30,31)19-8-7-18(22)34-19/h3-10H,1-2H3,(H2,25,26,29). The van der Waals surface area contributed by atoms with E-state index in [2.05, 4.69) is 15.2 Å². The number of sulfonamides is 1. The highest BCUT2D eigenvalue weighted by Gasteiger charge is 2.20. The predicted octanol–water partition coefficient (Wildman–Crippen LogP) is 4.64. The fourth-order valence-electron chi connectivity index (χ4n) is 3.22. The molecule has 0 aliphatic rings. The summed E-state index contributed by atoms with van der Waals surface area (Å²) in [5, 5.41) is 2.48. The van der Waals surface area contributed by atoms with Crippen LogP contribution >= 0.6 is 35.0 Å². The first-order chi connectivity index (χ1) is 17.1. The highest BCUT2D eigenvalue weighted by molar-refractivity contribution is 7.94. The molecule has 0 aliphatic heterocycles. The summed E-state index contributed by atoms with van der Waals surface area (Å²) in [5.41, 5.74) is -0.248. The van der Waals surface area contributed by atoms with Gasteiger partial charge in [-0.25, -0.2) is 32.2 Å². The van der Waals surface area contributed by atoms with E-state index in [0.717, 1.165) is 34.0 Å². The van der Waals surface area contributed by atoms with Gasteiger partial charge in [-0.15, -0.1) is 11.3 Å². The molecule has 36 heavy (non-hydrogen) atoms. The highest BCUT2D eigenvalue weighted by atomic mass is 35.5. The second-order valence-electron chi connectivity index (χ2n) is 7.08. The van der Waals surface area contributed by atoms with Crippen molar-refractivity contribution in [3.63, 3.8) is 0 Å². The largest absolute Gasteiger partial charge is 0.333 e. The van der Waals surface area contributed by atoms with Gasteiger partial charge in [0.25, 0.3) is 15.6 Å². The molecule has 2 aromatic heterocycles. The summed E-state index contributed by atoms with van der Waals surface area (Å²) in [7, 11) is -2.81. The van der Waals surface area contributed by atoms with Gasteiger partial charge >= 0.3 is 6.03 Å². The average Bonchev–Trinajstić information content (AvgIpc) is 3.26. The lowest BCUT2D eigenvalue weighted by Crippen LogP contribution is -2.34. The molecule has 2 N–H and O–H groups in total. The molecule has 0 spiro atoms. The third kappa shape index (κ3) is 5.53. The summed E-state index contributed by atoms with van der Waals surface area (Å²) in [5.74, 6) is -0.612. The maximum absolute atomic E-state index is 15.1. The van der Waals surface area contributed by atoms with Crippen LogP contribution in [-0.2, 0) is 19.2 Å². The summed E-state index contributed by atoms with van der Waals surface area (Å²) < 4.78 is 47.4. The Hall–Kier alpha value is -3.01. The van der Waals surface area contributed by atoms with Crippen molar-refractivity contribution in [1.82, 2.24) is 14.3 Å². The number of nitrogens with one attached hydrogen (secondary N) is 2. The minimum absolute atomic E-state index is 0.0389. The Kier molecular flexibility index (Phi) is 7.63. The number of carbonyl (C=O) groups is 1. The van der Waals surface area contributed by atoms with Crippen molar-refractivity contribution in [2.45, 2.75) is 16.0 Å². The van der Waals surface area contributed by atoms with E-state index in [9.17, 15) is 18.0 Å². The molecular weight excluding hydrogens is 555 g/mol. The maximum atomic E-state index is 15.1. The molecule has 0 aliphatic carbocycles. The van der Waals surface area contributed by atoms with Crippen LogP contribution in [0.2, 0.25) is 4.34 Å². The Morgan fingerprint density at radius 2 is 1.97 bits per heavy atom. The maximum Gasteiger partial charge on any atom is 0.333 e. The van der Waals surface area contributed by atoms with E-state index in [1.54, 1.807) is 25.1 Å². The number of nitrogens with zero attached hydrogens (tertiary/aromatic N) is 2. The van der Waals surface area contributed by atoms with E-state index >= 15 is 4.39 Å². The number of halogens is 2. The van der Waals surface area contributed by atoms with E-state index in [1.165, 1.54) is 31.4 Å². The molecule has 0 atom stereocenters. The Morgan fingerprint density at radius 1 is 1.19 bits per heavy atom. The second kappa shape index (κ2) is 10.5. The monoisotopic (exact) mass is 570 g/mol. The average molecular weight is 571 g/mol. The summed E-state index contributed by atoms with van der Waals surface area (Å²) in [4.78, 5) is 34.9. The first-order valence-corrected chi connectivity index (χ1v) is 13.3. The van der Waals surface area contributed by atoms with Gasteiger partial charge in [-0.2, -0.15) is 4.33 Å². The SMILES string of the molecule is COOSc1ccc2nc(C)n(-c3ccc(NC(=O)NS(=O)(=O)c4ccc(Cl)s4)cc3F)c(=O)c2c1. The van der Waals surface area contributed by atoms with Crippen molar-refractivity contribution < 1.29 is 26.8 Å². The summed E-state index contributed by atoms with van der Waals surface area (Å²) in [6.07, 6.45) is 0. The topological polar surface area (TPSA) is 129 Å². The summed E-state index contributed by atoms with van der Waals surface area (Å²) >= 11 is 7.41. The lowest BCUT2D eigenvalue weighted by molar-refractivity contribution is -0.160. The fraction of sp³-hybridized carbons (Fsp3) is 0.0952. The van der Waals surface area contributed by atoms with Crippen LogP contribution in [0.5, 0.6) is 0 Å². The number of fused-ring (bicyclic) bond motifs is 1. The number of hydrogen-bond donors (Lipinski definition) is 2. The molecule has 0 saturated carbocycles. The van der Waals surface area contributed by atoms with Crippen molar-refractivity contribution in [1.29, 1.82) is 0 Å².